The van der Waals surface area contributed by atoms with Crippen molar-refractivity contribution in [2.24, 2.45) is 0 Å². The van der Waals surface area contributed by atoms with Gasteiger partial charge in [0.15, 0.2) is 0 Å². The van der Waals surface area contributed by atoms with Crippen molar-refractivity contribution in [1.29, 1.82) is 0 Å². The summed E-state index contributed by atoms with van der Waals surface area (Å²) < 4.78 is 0. The van der Waals surface area contributed by atoms with Crippen LogP contribution in [-0.2, 0) is 10.8 Å². The standard InChI is InChI=1S/C32H50O/c1-11-15-22(13-3)24-17-18-26(27(19-24)31(5,6)7)30-28(32(8,9)10)20-25(21-29(30)33)23(14-4)16-12-2/h17-23,33H,11-16H2,1-10H3. The number of benzene rings is 2. The van der Waals surface area contributed by atoms with E-state index in [9.17, 15) is 5.11 Å². The summed E-state index contributed by atoms with van der Waals surface area (Å²) in [6, 6.07) is 11.5. The second-order valence-electron chi connectivity index (χ2n) is 12.1. The van der Waals surface area contributed by atoms with Crippen LogP contribution in [0.25, 0.3) is 11.1 Å². The molecule has 0 radical (unpaired) electrons. The molecule has 2 atom stereocenters. The van der Waals surface area contributed by atoms with Crippen molar-refractivity contribution in [3.8, 4) is 16.9 Å². The monoisotopic (exact) mass is 450 g/mol. The number of hydrogen-bond acceptors (Lipinski definition) is 1. The summed E-state index contributed by atoms with van der Waals surface area (Å²) in [5, 5.41) is 11.5. The van der Waals surface area contributed by atoms with E-state index in [1.165, 1.54) is 47.1 Å². The first kappa shape index (κ1) is 27.5. The number of phenols is 1. The van der Waals surface area contributed by atoms with Crippen LogP contribution in [0.15, 0.2) is 30.3 Å². The molecule has 0 amide bonds. The molecule has 0 bridgehead atoms. The molecule has 2 aromatic rings. The van der Waals surface area contributed by atoms with Gasteiger partial charge < -0.3 is 5.11 Å². The Bertz CT molecular complexity index is 907. The van der Waals surface area contributed by atoms with Crippen LogP contribution in [0.5, 0.6) is 5.75 Å². The van der Waals surface area contributed by atoms with E-state index >= 15 is 0 Å². The maximum absolute atomic E-state index is 11.5. The zero-order valence-electron chi connectivity index (χ0n) is 23.2. The molecule has 0 aliphatic rings. The van der Waals surface area contributed by atoms with Crippen molar-refractivity contribution >= 4 is 0 Å². The highest BCUT2D eigenvalue weighted by Gasteiger charge is 2.28. The Kier molecular flexibility index (Phi) is 9.25. The fourth-order valence-electron chi connectivity index (χ4n) is 5.32. The predicted octanol–water partition coefficient (Wildman–Crippen LogP) is 10.2. The van der Waals surface area contributed by atoms with E-state index in [1.807, 2.05) is 0 Å². The normalized spacial score (nSPS) is 14.4. The maximum atomic E-state index is 11.5. The zero-order chi connectivity index (χ0) is 25.0. The third-order valence-corrected chi connectivity index (χ3v) is 7.27. The van der Waals surface area contributed by atoms with Gasteiger partial charge in [-0.25, -0.2) is 0 Å². The Morgan fingerprint density at radius 1 is 0.667 bits per heavy atom. The molecule has 33 heavy (non-hydrogen) atoms. The Morgan fingerprint density at radius 3 is 1.61 bits per heavy atom. The van der Waals surface area contributed by atoms with Gasteiger partial charge in [-0.3, -0.25) is 0 Å². The molecule has 0 saturated carbocycles. The fraction of sp³-hybridized carbons (Fsp3) is 0.625. The minimum Gasteiger partial charge on any atom is -0.507 e. The van der Waals surface area contributed by atoms with Crippen molar-refractivity contribution in [3.63, 3.8) is 0 Å². The summed E-state index contributed by atoms with van der Waals surface area (Å²) in [6.45, 7) is 22.8. The molecular formula is C32H50O. The molecular weight excluding hydrogens is 400 g/mol. The van der Waals surface area contributed by atoms with E-state index in [1.54, 1.807) is 0 Å². The SMILES string of the molecule is CCCC(CC)c1ccc(-c2c(O)cc(C(CC)CCC)cc2C(C)(C)C)c(C(C)(C)C)c1. The van der Waals surface area contributed by atoms with Crippen LogP contribution >= 0.6 is 0 Å². The van der Waals surface area contributed by atoms with Crippen LogP contribution in [0, 0.1) is 0 Å². The van der Waals surface area contributed by atoms with Gasteiger partial charge in [0.1, 0.15) is 5.75 Å². The molecule has 0 aliphatic heterocycles. The summed E-state index contributed by atoms with van der Waals surface area (Å²) in [6.07, 6.45) is 7.03. The molecule has 1 N–H and O–H groups in total. The van der Waals surface area contributed by atoms with Gasteiger partial charge in [0.05, 0.1) is 0 Å². The molecule has 0 fully saturated rings. The van der Waals surface area contributed by atoms with E-state index in [-0.39, 0.29) is 10.8 Å². The largest absolute Gasteiger partial charge is 0.507 e. The van der Waals surface area contributed by atoms with E-state index < -0.39 is 0 Å². The lowest BCUT2D eigenvalue weighted by Crippen LogP contribution is -2.18. The third-order valence-electron chi connectivity index (χ3n) is 7.27. The first-order chi connectivity index (χ1) is 15.4. The quantitative estimate of drug-likeness (QED) is 0.403. The van der Waals surface area contributed by atoms with Gasteiger partial charge in [-0.05, 0) is 82.2 Å². The predicted molar refractivity (Wildman–Crippen MR) is 147 cm³/mol. The van der Waals surface area contributed by atoms with Gasteiger partial charge in [-0.2, -0.15) is 0 Å². The topological polar surface area (TPSA) is 20.2 Å². The van der Waals surface area contributed by atoms with E-state index in [0.717, 1.165) is 24.8 Å². The molecule has 0 aliphatic carbocycles. The molecule has 0 saturated heterocycles. The highest BCUT2D eigenvalue weighted by atomic mass is 16.3. The van der Waals surface area contributed by atoms with Crippen molar-refractivity contribution < 1.29 is 5.11 Å². The number of aromatic hydroxyl groups is 1. The van der Waals surface area contributed by atoms with Crippen LogP contribution < -0.4 is 0 Å². The highest BCUT2D eigenvalue weighted by molar-refractivity contribution is 5.79. The second kappa shape index (κ2) is 11.1. The van der Waals surface area contributed by atoms with Gasteiger partial charge in [0.25, 0.3) is 0 Å². The molecule has 0 heterocycles. The molecule has 1 heteroatoms. The van der Waals surface area contributed by atoms with E-state index in [4.69, 9.17) is 0 Å². The Hall–Kier alpha value is -1.76. The third kappa shape index (κ3) is 6.43. The van der Waals surface area contributed by atoms with Gasteiger partial charge in [0, 0.05) is 5.56 Å². The Labute approximate surface area is 205 Å². The average Bonchev–Trinajstić information content (AvgIpc) is 2.73. The van der Waals surface area contributed by atoms with Crippen molar-refractivity contribution in [3.05, 3.63) is 52.6 Å². The number of hydrogen-bond donors (Lipinski definition) is 1. The molecule has 2 aromatic carbocycles. The summed E-state index contributed by atoms with van der Waals surface area (Å²) >= 11 is 0. The molecule has 0 spiro atoms. The van der Waals surface area contributed by atoms with Crippen LogP contribution in [0.1, 0.15) is 142 Å². The van der Waals surface area contributed by atoms with E-state index in [2.05, 4.69) is 99.6 Å². The fourth-order valence-corrected chi connectivity index (χ4v) is 5.32. The van der Waals surface area contributed by atoms with Crippen molar-refractivity contribution in [1.82, 2.24) is 0 Å². The lowest BCUT2D eigenvalue weighted by molar-refractivity contribution is 0.469. The van der Waals surface area contributed by atoms with E-state index in [0.29, 0.717) is 17.6 Å². The highest BCUT2D eigenvalue weighted by Crippen LogP contribution is 2.46. The first-order valence-corrected chi connectivity index (χ1v) is 13.4. The van der Waals surface area contributed by atoms with Gasteiger partial charge in [-0.15, -0.1) is 0 Å². The van der Waals surface area contributed by atoms with Gasteiger partial charge in [-0.1, -0.05) is 106 Å². The zero-order valence-corrected chi connectivity index (χ0v) is 23.2. The van der Waals surface area contributed by atoms with Crippen LogP contribution in [-0.4, -0.2) is 5.11 Å². The molecule has 0 aromatic heterocycles. The van der Waals surface area contributed by atoms with Crippen molar-refractivity contribution in [2.45, 2.75) is 130 Å². The smallest absolute Gasteiger partial charge is 0.123 e. The summed E-state index contributed by atoms with van der Waals surface area (Å²) in [5.74, 6) is 1.54. The molecule has 2 unspecified atom stereocenters. The van der Waals surface area contributed by atoms with Gasteiger partial charge >= 0.3 is 0 Å². The second-order valence-corrected chi connectivity index (χ2v) is 12.1. The van der Waals surface area contributed by atoms with Crippen LogP contribution in [0.2, 0.25) is 0 Å². The van der Waals surface area contributed by atoms with Crippen LogP contribution in [0.4, 0.5) is 0 Å². The number of rotatable bonds is 9. The Balaban J connectivity index is 2.82. The van der Waals surface area contributed by atoms with Crippen molar-refractivity contribution in [2.75, 3.05) is 0 Å². The van der Waals surface area contributed by atoms with Crippen LogP contribution in [0.3, 0.4) is 0 Å². The lowest BCUT2D eigenvalue weighted by atomic mass is 9.74. The number of phenolic OH excluding ortho intramolecular Hbond substituents is 1. The molecule has 184 valence electrons. The molecule has 2 rings (SSSR count). The minimum atomic E-state index is -0.0602. The maximum Gasteiger partial charge on any atom is 0.123 e. The lowest BCUT2D eigenvalue weighted by Gasteiger charge is -2.31. The summed E-state index contributed by atoms with van der Waals surface area (Å²) in [5.41, 5.74) is 7.46. The minimum absolute atomic E-state index is 0.00964. The first-order valence-electron chi connectivity index (χ1n) is 13.4. The summed E-state index contributed by atoms with van der Waals surface area (Å²) in [4.78, 5) is 0. The van der Waals surface area contributed by atoms with Gasteiger partial charge in [0.2, 0.25) is 0 Å². The Morgan fingerprint density at radius 2 is 1.15 bits per heavy atom. The molecule has 1 nitrogen and oxygen atoms in total. The summed E-state index contributed by atoms with van der Waals surface area (Å²) in [7, 11) is 0. The average molecular weight is 451 g/mol.